The number of aromatic nitrogens is 1. The molecule has 182 valence electrons. The number of methoxy groups -OCH3 is 1. The minimum Gasteiger partial charge on any atom is -0.493 e. The van der Waals surface area contributed by atoms with E-state index in [1.807, 2.05) is 31.2 Å². The average Bonchev–Trinajstić information content (AvgIpc) is 3.20. The number of fused-ring (bicyclic) bond motifs is 2. The Morgan fingerprint density at radius 2 is 1.91 bits per heavy atom. The van der Waals surface area contributed by atoms with E-state index in [2.05, 4.69) is 26.0 Å². The molecule has 4 aromatic rings. The van der Waals surface area contributed by atoms with Gasteiger partial charge in [0.05, 0.1) is 39.2 Å². The number of carboxylic acids is 1. The van der Waals surface area contributed by atoms with Crippen LogP contribution in [0, 0.1) is 19.8 Å². The monoisotopic (exact) mass is 489 g/mol. The lowest BCUT2D eigenvalue weighted by atomic mass is 9.80. The van der Waals surface area contributed by atoms with Crippen molar-refractivity contribution in [2.45, 2.75) is 52.1 Å². The molecule has 2 heterocycles. The summed E-state index contributed by atoms with van der Waals surface area (Å²) in [7, 11) is 1.78. The molecule has 5 rings (SSSR count). The van der Waals surface area contributed by atoms with Crippen LogP contribution in [0.25, 0.3) is 31.6 Å². The van der Waals surface area contributed by atoms with E-state index >= 15 is 0 Å². The summed E-state index contributed by atoms with van der Waals surface area (Å²) >= 11 is 1.65. The highest BCUT2D eigenvalue weighted by Crippen LogP contribution is 2.41. The van der Waals surface area contributed by atoms with Crippen LogP contribution in [-0.4, -0.2) is 35.4 Å². The van der Waals surface area contributed by atoms with Crippen molar-refractivity contribution in [3.05, 3.63) is 59.2 Å². The normalized spacial score (nSPS) is 20.4. The molecular weight excluding hydrogens is 458 g/mol. The first-order valence-electron chi connectivity index (χ1n) is 12.1. The third-order valence-corrected chi connectivity index (χ3v) is 8.86. The summed E-state index contributed by atoms with van der Waals surface area (Å²) in [5, 5.41) is 11.9. The van der Waals surface area contributed by atoms with Crippen molar-refractivity contribution in [1.82, 2.24) is 4.98 Å². The predicted molar refractivity (Wildman–Crippen MR) is 142 cm³/mol. The number of ether oxygens (including phenoxy) is 2. The summed E-state index contributed by atoms with van der Waals surface area (Å²) in [6.45, 7) is 6.77. The smallest absolute Gasteiger partial charge is 0.336 e. The summed E-state index contributed by atoms with van der Waals surface area (Å²) in [6.07, 6.45) is 4.08. The molecule has 0 unspecified atom stereocenters. The lowest BCUT2D eigenvalue weighted by Gasteiger charge is -2.36. The van der Waals surface area contributed by atoms with Gasteiger partial charge < -0.3 is 14.6 Å². The number of carbonyl (C=O) groups is 1. The van der Waals surface area contributed by atoms with E-state index in [9.17, 15) is 9.90 Å². The third kappa shape index (κ3) is 4.41. The number of benzene rings is 2. The Morgan fingerprint density at radius 1 is 1.17 bits per heavy atom. The number of thiophene rings is 1. The first-order chi connectivity index (χ1) is 16.8. The van der Waals surface area contributed by atoms with Gasteiger partial charge in [0.25, 0.3) is 0 Å². The van der Waals surface area contributed by atoms with Gasteiger partial charge in [-0.15, -0.1) is 11.3 Å². The third-order valence-electron chi connectivity index (χ3n) is 7.56. The van der Waals surface area contributed by atoms with E-state index in [4.69, 9.17) is 14.5 Å². The Bertz CT molecular complexity index is 1420. The van der Waals surface area contributed by atoms with Gasteiger partial charge in [-0.2, -0.15) is 0 Å². The van der Waals surface area contributed by atoms with Crippen molar-refractivity contribution in [3.63, 3.8) is 0 Å². The van der Waals surface area contributed by atoms with Crippen LogP contribution in [0.5, 0.6) is 5.75 Å². The molecule has 0 spiro atoms. The quantitative estimate of drug-likeness (QED) is 0.305. The van der Waals surface area contributed by atoms with E-state index in [-0.39, 0.29) is 11.2 Å². The summed E-state index contributed by atoms with van der Waals surface area (Å²) in [5.41, 5.74) is 3.62. The summed E-state index contributed by atoms with van der Waals surface area (Å²) < 4.78 is 13.1. The summed E-state index contributed by atoms with van der Waals surface area (Å²) in [4.78, 5) is 18.4. The van der Waals surface area contributed by atoms with Crippen LogP contribution in [-0.2, 0) is 4.74 Å². The maximum absolute atomic E-state index is 12.4. The molecule has 1 aliphatic carbocycles. The Morgan fingerprint density at radius 3 is 2.60 bits per heavy atom. The number of aryl methyl sites for hydroxylation is 2. The van der Waals surface area contributed by atoms with Crippen molar-refractivity contribution in [3.8, 4) is 16.3 Å². The van der Waals surface area contributed by atoms with Gasteiger partial charge in [-0.1, -0.05) is 24.3 Å². The van der Waals surface area contributed by atoms with Crippen LogP contribution < -0.4 is 4.74 Å². The molecule has 2 aromatic heterocycles. The molecule has 0 bridgehead atoms. The molecule has 1 N–H and O–H groups in total. The van der Waals surface area contributed by atoms with E-state index in [0.29, 0.717) is 34.9 Å². The van der Waals surface area contributed by atoms with Gasteiger partial charge in [0.1, 0.15) is 5.75 Å². The van der Waals surface area contributed by atoms with Crippen molar-refractivity contribution < 1.29 is 19.4 Å². The van der Waals surface area contributed by atoms with Crippen LogP contribution in [0.3, 0.4) is 0 Å². The van der Waals surface area contributed by atoms with Crippen molar-refractivity contribution in [2.75, 3.05) is 13.7 Å². The molecule has 1 aliphatic rings. The molecule has 0 atom stereocenters. The van der Waals surface area contributed by atoms with Gasteiger partial charge >= 0.3 is 5.97 Å². The fourth-order valence-corrected chi connectivity index (χ4v) is 6.30. The second-order valence-electron chi connectivity index (χ2n) is 9.93. The Labute approximate surface area is 209 Å². The summed E-state index contributed by atoms with van der Waals surface area (Å²) in [5.74, 6) is 0.0490. The molecule has 1 fully saturated rings. The topological polar surface area (TPSA) is 68.7 Å². The van der Waals surface area contributed by atoms with E-state index in [1.165, 1.54) is 10.1 Å². The maximum atomic E-state index is 12.4. The van der Waals surface area contributed by atoms with Crippen LogP contribution in [0.15, 0.2) is 42.5 Å². The van der Waals surface area contributed by atoms with Crippen molar-refractivity contribution >= 4 is 38.3 Å². The molecule has 0 amide bonds. The van der Waals surface area contributed by atoms with Crippen LogP contribution in [0.2, 0.25) is 0 Å². The average molecular weight is 490 g/mol. The maximum Gasteiger partial charge on any atom is 0.336 e. The van der Waals surface area contributed by atoms with Gasteiger partial charge in [-0.25, -0.2) is 9.78 Å². The molecule has 5 nitrogen and oxygen atoms in total. The number of hydrogen-bond donors (Lipinski definition) is 1. The van der Waals surface area contributed by atoms with Crippen molar-refractivity contribution in [2.24, 2.45) is 5.92 Å². The first-order valence-corrected chi connectivity index (χ1v) is 13.0. The van der Waals surface area contributed by atoms with Crippen molar-refractivity contribution in [1.29, 1.82) is 0 Å². The summed E-state index contributed by atoms with van der Waals surface area (Å²) in [6, 6.07) is 13.8. The highest BCUT2D eigenvalue weighted by molar-refractivity contribution is 7.22. The highest BCUT2D eigenvalue weighted by atomic mass is 32.1. The van der Waals surface area contributed by atoms with Crippen LogP contribution in [0.4, 0.5) is 0 Å². The molecular formula is C29H31NO4S. The van der Waals surface area contributed by atoms with Gasteiger partial charge in [0.2, 0.25) is 0 Å². The molecule has 0 aliphatic heterocycles. The molecule has 6 heteroatoms. The van der Waals surface area contributed by atoms with E-state index in [1.54, 1.807) is 24.5 Å². The second-order valence-corrected chi connectivity index (χ2v) is 11.0. The predicted octanol–water partition coefficient (Wildman–Crippen LogP) is 7.41. The number of aromatic carboxylic acids is 1. The van der Waals surface area contributed by atoms with Gasteiger partial charge in [-0.3, -0.25) is 0 Å². The minimum atomic E-state index is -0.971. The van der Waals surface area contributed by atoms with Gasteiger partial charge in [0.15, 0.2) is 0 Å². The fraction of sp³-hybridized carbons (Fsp3) is 0.379. The minimum absolute atomic E-state index is 0.0470. The molecule has 2 aromatic carbocycles. The number of rotatable bonds is 6. The number of nitrogens with zero attached hydrogens (tertiary/aromatic N) is 1. The van der Waals surface area contributed by atoms with Crippen LogP contribution >= 0.6 is 11.3 Å². The zero-order chi connectivity index (χ0) is 24.7. The Kier molecular flexibility index (Phi) is 6.28. The van der Waals surface area contributed by atoms with E-state index < -0.39 is 5.97 Å². The SMILES string of the molecule is COC1(C)CCC(COc2ccc(C)c3nc(-c4sc5ccccc5c4C)cc(C(=O)O)c23)CC1. The number of hydrogen-bond acceptors (Lipinski definition) is 5. The lowest BCUT2D eigenvalue weighted by molar-refractivity contribution is -0.0377. The van der Waals surface area contributed by atoms with Crippen LogP contribution in [0.1, 0.15) is 54.1 Å². The first kappa shape index (κ1) is 23.8. The molecule has 35 heavy (non-hydrogen) atoms. The van der Waals surface area contributed by atoms with Gasteiger partial charge in [-0.05, 0) is 87.1 Å². The largest absolute Gasteiger partial charge is 0.493 e. The molecule has 0 saturated heterocycles. The Balaban J connectivity index is 1.53. The Hall–Kier alpha value is -2.96. The standard InChI is InChI=1S/C29H31NO4S/c1-17-9-10-23(34-16-19-11-13-29(3,33-4)14-12-19)25-21(28(31)32)15-22(30-26(17)25)27-18(2)20-7-5-6-8-24(20)35-27/h5-10,15,19H,11-14,16H2,1-4H3,(H,31,32). The number of carboxylic acid groups (broad SMARTS) is 1. The number of pyridine rings is 1. The zero-order valence-electron chi connectivity index (χ0n) is 20.7. The lowest BCUT2D eigenvalue weighted by Crippen LogP contribution is -2.34. The highest BCUT2D eigenvalue weighted by Gasteiger charge is 2.31. The van der Waals surface area contributed by atoms with Gasteiger partial charge in [0, 0.05) is 11.8 Å². The fourth-order valence-electron chi connectivity index (χ4n) is 5.13. The second kappa shape index (κ2) is 9.25. The molecule has 0 radical (unpaired) electrons. The molecule has 1 saturated carbocycles. The van der Waals surface area contributed by atoms with E-state index in [0.717, 1.165) is 41.7 Å². The zero-order valence-corrected chi connectivity index (χ0v) is 21.5.